The van der Waals surface area contributed by atoms with Gasteiger partial charge in [0.15, 0.2) is 0 Å². The molecule has 0 aliphatic carbocycles. The molecular formula is C27H37N3O5. The molecule has 3 aliphatic heterocycles. The molecule has 8 heteroatoms. The second kappa shape index (κ2) is 11.2. The molecule has 35 heavy (non-hydrogen) atoms. The molecule has 4 bridgehead atoms. The van der Waals surface area contributed by atoms with E-state index in [1.807, 2.05) is 26.0 Å². The fraction of sp³-hybridized carbons (Fsp3) is 0.593. The Morgan fingerprint density at radius 2 is 2.00 bits per heavy atom. The summed E-state index contributed by atoms with van der Waals surface area (Å²) >= 11 is 0. The molecule has 1 aromatic rings. The summed E-state index contributed by atoms with van der Waals surface area (Å²) in [7, 11) is 1.32. The van der Waals surface area contributed by atoms with Crippen LogP contribution in [0.15, 0.2) is 24.3 Å². The highest BCUT2D eigenvalue weighted by Crippen LogP contribution is 2.30. The molecule has 0 unspecified atom stereocenters. The van der Waals surface area contributed by atoms with Crippen LogP contribution in [-0.2, 0) is 32.2 Å². The molecule has 0 radical (unpaired) electrons. The minimum absolute atomic E-state index is 0.0516. The average molecular weight is 484 g/mol. The summed E-state index contributed by atoms with van der Waals surface area (Å²) in [5.41, 5.74) is 3.42. The van der Waals surface area contributed by atoms with Crippen LogP contribution in [0.25, 0.3) is 6.08 Å². The van der Waals surface area contributed by atoms with Gasteiger partial charge in [-0.1, -0.05) is 50.6 Å². The van der Waals surface area contributed by atoms with Crippen molar-refractivity contribution in [2.45, 2.75) is 77.2 Å². The van der Waals surface area contributed by atoms with Crippen molar-refractivity contribution in [1.82, 2.24) is 15.1 Å². The van der Waals surface area contributed by atoms with E-state index in [4.69, 9.17) is 9.47 Å². The van der Waals surface area contributed by atoms with Crippen molar-refractivity contribution in [3.05, 3.63) is 41.0 Å². The second-order valence-electron chi connectivity index (χ2n) is 10.0. The zero-order valence-corrected chi connectivity index (χ0v) is 21.0. The molecule has 1 N–H and O–H groups in total. The number of hydrogen-bond donors (Lipinski definition) is 1. The maximum absolute atomic E-state index is 13.5. The van der Waals surface area contributed by atoms with Crippen molar-refractivity contribution in [2.75, 3.05) is 20.2 Å². The minimum atomic E-state index is -0.758. The largest absolute Gasteiger partial charge is 0.467 e. The fourth-order valence-electron chi connectivity index (χ4n) is 5.25. The van der Waals surface area contributed by atoms with Gasteiger partial charge in [-0.05, 0) is 48.4 Å². The molecule has 190 valence electrons. The first-order valence-electron chi connectivity index (χ1n) is 12.7. The van der Waals surface area contributed by atoms with Crippen LogP contribution in [0.5, 0.6) is 0 Å². The molecule has 3 atom stereocenters. The van der Waals surface area contributed by atoms with Crippen LogP contribution in [0.3, 0.4) is 0 Å². The number of esters is 1. The lowest BCUT2D eigenvalue weighted by Gasteiger charge is -2.30. The van der Waals surface area contributed by atoms with Gasteiger partial charge in [0.1, 0.15) is 12.1 Å². The van der Waals surface area contributed by atoms with Gasteiger partial charge in [-0.2, -0.15) is 0 Å². The predicted octanol–water partition coefficient (Wildman–Crippen LogP) is 3.48. The number of benzene rings is 1. The van der Waals surface area contributed by atoms with Gasteiger partial charge < -0.3 is 19.7 Å². The highest BCUT2D eigenvalue weighted by molar-refractivity contribution is 5.88. The van der Waals surface area contributed by atoms with E-state index >= 15 is 0 Å². The van der Waals surface area contributed by atoms with Gasteiger partial charge >= 0.3 is 12.1 Å². The first-order chi connectivity index (χ1) is 16.9. The standard InChI is InChI=1S/C27H37N3O5/c1-18(2)24-25(31)30-16-21(14-23(30)26(32)34-3)35-27(33)29-15-20-12-9-11-19(22(20)17-29)10-7-5-4-6-8-13-28-24/h7,9-12,18,21,23-24,28H,4-6,8,13-17H2,1-3H3/b10-7+/t21-,23+,24+/m1/s1. The quantitative estimate of drug-likeness (QED) is 0.648. The van der Waals surface area contributed by atoms with Crippen LogP contribution in [-0.4, -0.2) is 66.2 Å². The van der Waals surface area contributed by atoms with Gasteiger partial charge in [0.05, 0.1) is 26.2 Å². The highest BCUT2D eigenvalue weighted by Gasteiger charge is 2.44. The van der Waals surface area contributed by atoms with E-state index in [-0.39, 0.29) is 24.8 Å². The lowest BCUT2D eigenvalue weighted by atomic mass is 10.0. The monoisotopic (exact) mass is 483 g/mol. The van der Waals surface area contributed by atoms with E-state index < -0.39 is 30.3 Å². The van der Waals surface area contributed by atoms with Crippen molar-refractivity contribution in [2.24, 2.45) is 5.92 Å². The molecule has 8 nitrogen and oxygen atoms in total. The normalized spacial score (nSPS) is 26.7. The summed E-state index contributed by atoms with van der Waals surface area (Å²) in [6.07, 6.45) is 7.72. The Kier molecular flexibility index (Phi) is 8.11. The Labute approximate surface area is 207 Å². The predicted molar refractivity (Wildman–Crippen MR) is 132 cm³/mol. The first-order valence-corrected chi connectivity index (χ1v) is 12.7. The topological polar surface area (TPSA) is 88.2 Å². The summed E-state index contributed by atoms with van der Waals surface area (Å²) < 4.78 is 10.8. The number of rotatable bonds is 2. The molecule has 0 aromatic heterocycles. The van der Waals surface area contributed by atoms with E-state index in [2.05, 4.69) is 23.5 Å². The third-order valence-electron chi connectivity index (χ3n) is 7.21. The number of allylic oxidation sites excluding steroid dienone is 1. The number of carbonyl (C=O) groups excluding carboxylic acids is 3. The Morgan fingerprint density at radius 1 is 1.17 bits per heavy atom. The molecule has 3 aliphatic rings. The van der Waals surface area contributed by atoms with E-state index in [9.17, 15) is 14.4 Å². The van der Waals surface area contributed by atoms with E-state index in [1.165, 1.54) is 12.0 Å². The smallest absolute Gasteiger partial charge is 0.410 e. The summed E-state index contributed by atoms with van der Waals surface area (Å²) in [4.78, 5) is 42.4. The Morgan fingerprint density at radius 3 is 2.77 bits per heavy atom. The molecule has 4 rings (SSSR count). The van der Waals surface area contributed by atoms with E-state index in [0.717, 1.165) is 48.9 Å². The van der Waals surface area contributed by atoms with E-state index in [1.54, 1.807) is 4.90 Å². The third-order valence-corrected chi connectivity index (χ3v) is 7.21. The summed E-state index contributed by atoms with van der Waals surface area (Å²) in [5.74, 6) is -0.574. The molecular weight excluding hydrogens is 446 g/mol. The van der Waals surface area contributed by atoms with Gasteiger partial charge in [0, 0.05) is 13.0 Å². The number of hydrogen-bond acceptors (Lipinski definition) is 6. The SMILES string of the molecule is COC(=O)[C@@H]1C[C@@H]2CN1C(=O)[C@H](C(C)C)NCCCCC/C=C/c1cccc3c1CN(C3)C(=O)O2. The van der Waals surface area contributed by atoms with Crippen molar-refractivity contribution >= 4 is 24.0 Å². The van der Waals surface area contributed by atoms with Crippen LogP contribution in [0.1, 0.15) is 62.6 Å². The van der Waals surface area contributed by atoms with Gasteiger partial charge in [0.25, 0.3) is 0 Å². The second-order valence-corrected chi connectivity index (χ2v) is 10.0. The molecule has 2 amide bonds. The van der Waals surface area contributed by atoms with Gasteiger partial charge in [0.2, 0.25) is 5.91 Å². The maximum Gasteiger partial charge on any atom is 0.410 e. The molecule has 1 fully saturated rings. The van der Waals surface area contributed by atoms with Crippen LogP contribution < -0.4 is 5.32 Å². The Bertz CT molecular complexity index is 976. The van der Waals surface area contributed by atoms with Crippen LogP contribution in [0.2, 0.25) is 0 Å². The van der Waals surface area contributed by atoms with Crippen LogP contribution in [0, 0.1) is 5.92 Å². The average Bonchev–Trinajstić information content (AvgIpc) is 3.46. The number of carbonyl (C=O) groups is 3. The van der Waals surface area contributed by atoms with Crippen molar-refractivity contribution in [1.29, 1.82) is 0 Å². The van der Waals surface area contributed by atoms with Crippen molar-refractivity contribution < 1.29 is 23.9 Å². The molecule has 1 aromatic carbocycles. The molecule has 1 saturated heterocycles. The Balaban J connectivity index is 1.57. The highest BCUT2D eigenvalue weighted by atomic mass is 16.6. The Hall–Kier alpha value is -2.87. The lowest BCUT2D eigenvalue weighted by Crippen LogP contribution is -2.53. The van der Waals surface area contributed by atoms with Crippen molar-refractivity contribution in [3.8, 4) is 0 Å². The number of ether oxygens (including phenoxy) is 2. The van der Waals surface area contributed by atoms with E-state index in [0.29, 0.717) is 13.1 Å². The van der Waals surface area contributed by atoms with Gasteiger partial charge in [-0.15, -0.1) is 0 Å². The van der Waals surface area contributed by atoms with Crippen LogP contribution >= 0.6 is 0 Å². The zero-order valence-electron chi connectivity index (χ0n) is 21.0. The fourth-order valence-corrected chi connectivity index (χ4v) is 5.25. The third kappa shape index (κ3) is 5.69. The molecule has 3 heterocycles. The van der Waals surface area contributed by atoms with Crippen LogP contribution in [0.4, 0.5) is 4.79 Å². The van der Waals surface area contributed by atoms with Gasteiger partial charge in [-0.25, -0.2) is 9.59 Å². The minimum Gasteiger partial charge on any atom is -0.467 e. The number of fused-ring (bicyclic) bond motifs is 3. The van der Waals surface area contributed by atoms with Gasteiger partial charge in [-0.3, -0.25) is 9.69 Å². The lowest BCUT2D eigenvalue weighted by molar-refractivity contribution is -0.152. The van der Waals surface area contributed by atoms with Crippen molar-refractivity contribution in [3.63, 3.8) is 0 Å². The zero-order chi connectivity index (χ0) is 24.9. The number of nitrogens with one attached hydrogen (secondary N) is 1. The summed E-state index contributed by atoms with van der Waals surface area (Å²) in [6.45, 7) is 5.89. The number of amides is 2. The number of nitrogens with zero attached hydrogens (tertiary/aromatic N) is 2. The first kappa shape index (κ1) is 25.2. The number of methoxy groups -OCH3 is 1. The molecule has 0 saturated carbocycles. The summed E-state index contributed by atoms with van der Waals surface area (Å²) in [5, 5.41) is 3.40. The summed E-state index contributed by atoms with van der Waals surface area (Å²) in [6, 6.07) is 4.99. The molecule has 0 spiro atoms. The maximum atomic E-state index is 13.5.